The number of hydrogen-bond acceptors (Lipinski definition) is 9. The summed E-state index contributed by atoms with van der Waals surface area (Å²) in [6.45, 7) is 1.80. The SMILES string of the molecule is COc1c(Nc2cc(NC(=O)C3CC3)nnc2-c2nnc(C)[nH]2)cccc1-c1ncn(C)n1. The molecule has 0 atom stereocenters. The number of amides is 1. The Hall–Kier alpha value is -4.35. The van der Waals surface area contributed by atoms with Gasteiger partial charge in [0.15, 0.2) is 28.9 Å². The summed E-state index contributed by atoms with van der Waals surface area (Å²) in [5, 5.41) is 27.2. The zero-order valence-corrected chi connectivity index (χ0v) is 18.3. The number of para-hydroxylation sites is 1. The van der Waals surface area contributed by atoms with Crippen LogP contribution in [0.3, 0.4) is 0 Å². The first-order valence-corrected chi connectivity index (χ1v) is 10.4. The van der Waals surface area contributed by atoms with Gasteiger partial charge in [-0.3, -0.25) is 9.48 Å². The number of aromatic nitrogens is 8. The highest BCUT2D eigenvalue weighted by Gasteiger charge is 2.30. The van der Waals surface area contributed by atoms with Crippen LogP contribution in [0.25, 0.3) is 22.9 Å². The smallest absolute Gasteiger partial charge is 0.228 e. The first-order chi connectivity index (χ1) is 16.0. The summed E-state index contributed by atoms with van der Waals surface area (Å²) in [6.07, 6.45) is 3.41. The van der Waals surface area contributed by atoms with Gasteiger partial charge in [-0.15, -0.1) is 20.4 Å². The molecule has 0 spiro atoms. The fourth-order valence-corrected chi connectivity index (χ4v) is 3.39. The first kappa shape index (κ1) is 20.5. The molecule has 33 heavy (non-hydrogen) atoms. The van der Waals surface area contributed by atoms with Crippen molar-refractivity contribution in [3.8, 4) is 28.7 Å². The molecular formula is C21H22N10O2. The predicted octanol–water partition coefficient (Wildman–Crippen LogP) is 2.47. The number of ether oxygens (including phenoxy) is 1. The van der Waals surface area contributed by atoms with Crippen LogP contribution in [-0.2, 0) is 11.8 Å². The van der Waals surface area contributed by atoms with Gasteiger partial charge < -0.3 is 20.4 Å². The second-order valence-electron chi connectivity index (χ2n) is 7.77. The minimum absolute atomic E-state index is 0.0439. The Bertz CT molecular complexity index is 1320. The number of hydrogen-bond donors (Lipinski definition) is 3. The topological polar surface area (TPSA) is 148 Å². The van der Waals surface area contributed by atoms with E-state index in [2.05, 4.69) is 46.1 Å². The van der Waals surface area contributed by atoms with Gasteiger partial charge in [-0.2, -0.15) is 5.10 Å². The van der Waals surface area contributed by atoms with Gasteiger partial charge in [-0.1, -0.05) is 6.07 Å². The molecule has 3 N–H and O–H groups in total. The Morgan fingerprint density at radius 2 is 2.03 bits per heavy atom. The Labute approximate surface area is 188 Å². The van der Waals surface area contributed by atoms with Crippen LogP contribution in [-0.4, -0.2) is 53.2 Å². The monoisotopic (exact) mass is 446 g/mol. The maximum absolute atomic E-state index is 12.2. The number of nitrogens with zero attached hydrogens (tertiary/aromatic N) is 7. The molecule has 0 saturated heterocycles. The van der Waals surface area contributed by atoms with E-state index >= 15 is 0 Å². The summed E-state index contributed by atoms with van der Waals surface area (Å²) in [4.78, 5) is 19.6. The van der Waals surface area contributed by atoms with Crippen LogP contribution in [0.4, 0.5) is 17.2 Å². The fraction of sp³-hybridized carbons (Fsp3) is 0.286. The van der Waals surface area contributed by atoms with Crippen molar-refractivity contribution in [2.75, 3.05) is 17.7 Å². The predicted molar refractivity (Wildman–Crippen MR) is 120 cm³/mol. The summed E-state index contributed by atoms with van der Waals surface area (Å²) in [6, 6.07) is 7.33. The molecule has 12 heteroatoms. The summed E-state index contributed by atoms with van der Waals surface area (Å²) in [7, 11) is 3.39. The van der Waals surface area contributed by atoms with E-state index in [0.717, 1.165) is 18.4 Å². The van der Waals surface area contributed by atoms with Gasteiger partial charge in [0.05, 0.1) is 24.0 Å². The van der Waals surface area contributed by atoms with E-state index in [1.165, 1.54) is 0 Å². The minimum atomic E-state index is -0.0562. The molecule has 0 bridgehead atoms. The maximum atomic E-state index is 12.2. The van der Waals surface area contributed by atoms with Gasteiger partial charge in [0.2, 0.25) is 5.91 Å². The van der Waals surface area contributed by atoms with Crippen LogP contribution >= 0.6 is 0 Å². The van der Waals surface area contributed by atoms with Crippen LogP contribution in [0.5, 0.6) is 5.75 Å². The number of nitrogens with one attached hydrogen (secondary N) is 3. The quantitative estimate of drug-likeness (QED) is 0.389. The molecule has 1 aliphatic rings. The van der Waals surface area contributed by atoms with E-state index < -0.39 is 0 Å². The van der Waals surface area contributed by atoms with Crippen molar-refractivity contribution < 1.29 is 9.53 Å². The Morgan fingerprint density at radius 3 is 2.70 bits per heavy atom. The lowest BCUT2D eigenvalue weighted by Gasteiger charge is -2.16. The molecule has 1 amide bonds. The molecule has 1 fully saturated rings. The van der Waals surface area contributed by atoms with Gasteiger partial charge in [0.25, 0.3) is 0 Å². The van der Waals surface area contributed by atoms with E-state index in [1.54, 1.807) is 38.2 Å². The van der Waals surface area contributed by atoms with Crippen molar-refractivity contribution >= 4 is 23.1 Å². The number of H-pyrrole nitrogens is 1. The fourth-order valence-electron chi connectivity index (χ4n) is 3.39. The number of carbonyl (C=O) groups excluding carboxylic acids is 1. The molecule has 12 nitrogen and oxygen atoms in total. The standard InChI is InChI=1S/C21H22N10O2/c1-11-23-20(29-26-11)17-15(9-16(27-28-17)25-21(32)12-7-8-12)24-14-6-4-5-13(18(14)33-3)19-22-10-31(2)30-19/h4-6,9-10,12H,7-8H2,1-3H3,(H,23,26,29)(H2,24,25,27,32). The van der Waals surface area contributed by atoms with Gasteiger partial charge >= 0.3 is 0 Å². The molecular weight excluding hydrogens is 424 g/mol. The molecule has 1 saturated carbocycles. The lowest BCUT2D eigenvalue weighted by molar-refractivity contribution is -0.117. The van der Waals surface area contributed by atoms with Crippen molar-refractivity contribution in [3.05, 3.63) is 36.4 Å². The average molecular weight is 446 g/mol. The van der Waals surface area contributed by atoms with Crippen LogP contribution in [0.2, 0.25) is 0 Å². The molecule has 0 aliphatic heterocycles. The zero-order valence-electron chi connectivity index (χ0n) is 18.3. The minimum Gasteiger partial charge on any atom is -0.494 e. The van der Waals surface area contributed by atoms with E-state index in [4.69, 9.17) is 4.74 Å². The highest BCUT2D eigenvalue weighted by Crippen LogP contribution is 2.38. The molecule has 3 aromatic heterocycles. The molecule has 1 aliphatic carbocycles. The molecule has 4 aromatic rings. The number of carbonyl (C=O) groups is 1. The number of anilines is 3. The van der Waals surface area contributed by atoms with Gasteiger partial charge in [-0.05, 0) is 31.9 Å². The normalized spacial score (nSPS) is 13.1. The number of aryl methyl sites for hydroxylation is 2. The summed E-state index contributed by atoms with van der Waals surface area (Å²) >= 11 is 0. The third kappa shape index (κ3) is 4.22. The van der Waals surface area contributed by atoms with Crippen molar-refractivity contribution in [2.45, 2.75) is 19.8 Å². The largest absolute Gasteiger partial charge is 0.494 e. The van der Waals surface area contributed by atoms with Crippen molar-refractivity contribution in [3.63, 3.8) is 0 Å². The van der Waals surface area contributed by atoms with Crippen LogP contribution in [0.1, 0.15) is 18.7 Å². The second-order valence-corrected chi connectivity index (χ2v) is 7.77. The summed E-state index contributed by atoms with van der Waals surface area (Å²) in [5.74, 6) is 2.52. The van der Waals surface area contributed by atoms with E-state index in [1.807, 2.05) is 18.2 Å². The van der Waals surface area contributed by atoms with Crippen LogP contribution < -0.4 is 15.4 Å². The molecule has 0 radical (unpaired) electrons. The molecule has 3 heterocycles. The molecule has 168 valence electrons. The highest BCUT2D eigenvalue weighted by atomic mass is 16.5. The number of methoxy groups -OCH3 is 1. The third-order valence-corrected chi connectivity index (χ3v) is 5.15. The van der Waals surface area contributed by atoms with E-state index in [0.29, 0.717) is 46.1 Å². The summed E-state index contributed by atoms with van der Waals surface area (Å²) in [5.41, 5.74) is 2.40. The Morgan fingerprint density at radius 1 is 1.18 bits per heavy atom. The molecule has 5 rings (SSSR count). The third-order valence-electron chi connectivity index (χ3n) is 5.15. The van der Waals surface area contributed by atoms with E-state index in [-0.39, 0.29) is 11.8 Å². The molecule has 1 aromatic carbocycles. The zero-order chi connectivity index (χ0) is 22.9. The molecule has 0 unspecified atom stereocenters. The summed E-state index contributed by atoms with van der Waals surface area (Å²) < 4.78 is 7.33. The van der Waals surface area contributed by atoms with Gasteiger partial charge in [-0.25, -0.2) is 4.98 Å². The number of rotatable bonds is 7. The number of aromatic amines is 1. The average Bonchev–Trinajstić information content (AvgIpc) is 3.44. The van der Waals surface area contributed by atoms with Gasteiger partial charge in [0, 0.05) is 19.0 Å². The van der Waals surface area contributed by atoms with Crippen molar-refractivity contribution in [1.29, 1.82) is 0 Å². The van der Waals surface area contributed by atoms with Crippen LogP contribution in [0.15, 0.2) is 30.6 Å². The van der Waals surface area contributed by atoms with Crippen LogP contribution in [0, 0.1) is 12.8 Å². The van der Waals surface area contributed by atoms with Crippen molar-refractivity contribution in [1.82, 2.24) is 40.1 Å². The first-order valence-electron chi connectivity index (χ1n) is 10.4. The maximum Gasteiger partial charge on any atom is 0.228 e. The van der Waals surface area contributed by atoms with Crippen molar-refractivity contribution in [2.24, 2.45) is 13.0 Å². The highest BCUT2D eigenvalue weighted by molar-refractivity contribution is 5.94. The second kappa shape index (κ2) is 8.30. The lowest BCUT2D eigenvalue weighted by atomic mass is 10.1. The van der Waals surface area contributed by atoms with E-state index in [9.17, 15) is 4.79 Å². The Balaban J connectivity index is 1.55. The lowest BCUT2D eigenvalue weighted by Crippen LogP contribution is -2.15. The van der Waals surface area contributed by atoms with Gasteiger partial charge in [0.1, 0.15) is 12.2 Å². The Kier molecular flexibility index (Phi) is 5.17. The number of benzene rings is 1.